The highest BCUT2D eigenvalue weighted by Gasteiger charge is 2.23. The van der Waals surface area contributed by atoms with E-state index in [4.69, 9.17) is 10.5 Å². The number of ether oxygens (including phenoxy) is 1. The van der Waals surface area contributed by atoms with Gasteiger partial charge >= 0.3 is 0 Å². The Labute approximate surface area is 140 Å². The fraction of sp³-hybridized carbons (Fsp3) is 0.412. The van der Waals surface area contributed by atoms with Crippen LogP contribution in [0, 0.1) is 6.92 Å². The Hall–Kier alpha value is -1.92. The molecule has 0 aliphatic heterocycles. The van der Waals surface area contributed by atoms with Crippen molar-refractivity contribution in [3.05, 3.63) is 45.4 Å². The Morgan fingerprint density at radius 1 is 1.35 bits per heavy atom. The fourth-order valence-electron chi connectivity index (χ4n) is 2.28. The van der Waals surface area contributed by atoms with Crippen LogP contribution in [0.3, 0.4) is 0 Å². The number of nitrogens with two attached hydrogens (primary N) is 1. The highest BCUT2D eigenvalue weighted by Crippen LogP contribution is 2.25. The Balaban J connectivity index is 2.05. The third kappa shape index (κ3) is 4.09. The van der Waals surface area contributed by atoms with E-state index in [0.717, 1.165) is 21.2 Å². The summed E-state index contributed by atoms with van der Waals surface area (Å²) in [4.78, 5) is 17.5. The second-order valence-corrected chi connectivity index (χ2v) is 7.30. The lowest BCUT2D eigenvalue weighted by atomic mass is 9.84. The molecule has 23 heavy (non-hydrogen) atoms. The molecule has 1 amide bonds. The minimum Gasteiger partial charge on any atom is -0.497 e. The zero-order chi connectivity index (χ0) is 17.0. The molecule has 0 atom stereocenters. The van der Waals surface area contributed by atoms with Crippen molar-refractivity contribution in [3.63, 3.8) is 0 Å². The van der Waals surface area contributed by atoms with Gasteiger partial charge in [0.2, 0.25) is 0 Å². The summed E-state index contributed by atoms with van der Waals surface area (Å²) in [7, 11) is 1.64. The lowest BCUT2D eigenvalue weighted by Crippen LogP contribution is -2.37. The average molecular weight is 333 g/mol. The maximum absolute atomic E-state index is 12.3. The summed E-state index contributed by atoms with van der Waals surface area (Å²) in [6.07, 6.45) is 0. The molecule has 2 aromatic rings. The van der Waals surface area contributed by atoms with Gasteiger partial charge < -0.3 is 15.8 Å². The number of hydrogen-bond donors (Lipinski definition) is 2. The van der Waals surface area contributed by atoms with Crippen molar-refractivity contribution in [2.45, 2.75) is 32.7 Å². The Morgan fingerprint density at radius 2 is 2.00 bits per heavy atom. The molecule has 1 heterocycles. The number of aryl methyl sites for hydroxylation is 1. The van der Waals surface area contributed by atoms with Crippen LogP contribution >= 0.6 is 11.3 Å². The molecule has 5 nitrogen and oxygen atoms in total. The molecule has 1 aromatic carbocycles. The lowest BCUT2D eigenvalue weighted by Gasteiger charge is -2.25. The minimum absolute atomic E-state index is 0.153. The third-order valence-corrected chi connectivity index (χ3v) is 4.79. The smallest absolute Gasteiger partial charge is 0.271 e. The van der Waals surface area contributed by atoms with Gasteiger partial charge in [-0.1, -0.05) is 26.0 Å². The van der Waals surface area contributed by atoms with Gasteiger partial charge in [0.05, 0.1) is 7.11 Å². The first-order valence-electron chi connectivity index (χ1n) is 7.46. The summed E-state index contributed by atoms with van der Waals surface area (Å²) in [6.45, 7) is 6.95. The summed E-state index contributed by atoms with van der Waals surface area (Å²) in [5.41, 5.74) is 7.00. The van der Waals surface area contributed by atoms with Crippen LogP contribution in [0.15, 0.2) is 24.3 Å². The summed E-state index contributed by atoms with van der Waals surface area (Å²) in [5, 5.41) is 3.76. The van der Waals surface area contributed by atoms with Crippen LogP contribution in [0.4, 0.5) is 0 Å². The molecule has 0 aliphatic rings. The van der Waals surface area contributed by atoms with Gasteiger partial charge in [-0.25, -0.2) is 4.98 Å². The Bertz CT molecular complexity index is 678. The summed E-state index contributed by atoms with van der Waals surface area (Å²) in [5.74, 6) is 0.668. The quantitative estimate of drug-likeness (QED) is 0.852. The number of carbonyl (C=O) groups excluding carboxylic acids is 1. The van der Waals surface area contributed by atoms with Crippen molar-refractivity contribution in [2.24, 2.45) is 5.73 Å². The normalized spacial score (nSPS) is 11.3. The second kappa shape index (κ2) is 7.10. The molecule has 0 bridgehead atoms. The molecule has 2 rings (SSSR count). The van der Waals surface area contributed by atoms with Crippen LogP contribution in [-0.2, 0) is 12.0 Å². The molecule has 0 aliphatic carbocycles. The Kier molecular flexibility index (Phi) is 5.38. The van der Waals surface area contributed by atoms with Crippen LogP contribution in [0.5, 0.6) is 5.75 Å². The van der Waals surface area contributed by atoms with Crippen molar-refractivity contribution in [1.82, 2.24) is 10.3 Å². The number of rotatable bonds is 6. The van der Waals surface area contributed by atoms with E-state index < -0.39 is 0 Å². The van der Waals surface area contributed by atoms with Crippen molar-refractivity contribution in [1.29, 1.82) is 0 Å². The third-order valence-electron chi connectivity index (χ3n) is 3.79. The fourth-order valence-corrected chi connectivity index (χ4v) is 3.09. The number of nitrogens with one attached hydrogen (secondary N) is 1. The van der Waals surface area contributed by atoms with E-state index in [9.17, 15) is 4.79 Å². The van der Waals surface area contributed by atoms with Gasteiger partial charge in [0, 0.05) is 23.4 Å². The molecule has 0 unspecified atom stereocenters. The van der Waals surface area contributed by atoms with Crippen molar-refractivity contribution < 1.29 is 9.53 Å². The first kappa shape index (κ1) is 17.4. The van der Waals surface area contributed by atoms with E-state index in [0.29, 0.717) is 18.8 Å². The molecule has 0 radical (unpaired) electrons. The number of nitrogens with zero attached hydrogens (tertiary/aromatic N) is 1. The van der Waals surface area contributed by atoms with Gasteiger partial charge in [-0.3, -0.25) is 4.79 Å². The molecule has 0 saturated heterocycles. The Morgan fingerprint density at radius 3 is 2.52 bits per heavy atom. The first-order valence-corrected chi connectivity index (χ1v) is 8.28. The predicted octanol–water partition coefficient (Wildman–Crippen LogP) is 2.63. The van der Waals surface area contributed by atoms with Crippen LogP contribution in [0.25, 0.3) is 0 Å². The SMILES string of the molecule is COc1ccc(C(C)(C)CNC(=O)c2nc(CN)sc2C)cc1. The van der Waals surface area contributed by atoms with Gasteiger partial charge in [-0.15, -0.1) is 11.3 Å². The van der Waals surface area contributed by atoms with E-state index in [1.807, 2.05) is 31.2 Å². The van der Waals surface area contributed by atoms with Gasteiger partial charge in [0.1, 0.15) is 16.5 Å². The minimum atomic E-state index is -0.192. The van der Waals surface area contributed by atoms with Crippen LogP contribution in [0.1, 0.15) is 39.8 Å². The average Bonchev–Trinajstić information content (AvgIpc) is 2.94. The zero-order valence-corrected chi connectivity index (χ0v) is 14.8. The maximum atomic E-state index is 12.3. The van der Waals surface area contributed by atoms with Crippen LogP contribution in [0.2, 0.25) is 0 Å². The number of benzene rings is 1. The summed E-state index contributed by atoms with van der Waals surface area (Å²) < 4.78 is 5.18. The monoisotopic (exact) mass is 333 g/mol. The molecule has 0 fully saturated rings. The molecule has 6 heteroatoms. The van der Waals surface area contributed by atoms with E-state index in [1.165, 1.54) is 11.3 Å². The van der Waals surface area contributed by atoms with Gasteiger partial charge in [0.15, 0.2) is 0 Å². The van der Waals surface area contributed by atoms with E-state index in [1.54, 1.807) is 7.11 Å². The molecule has 124 valence electrons. The van der Waals surface area contributed by atoms with Gasteiger partial charge in [0.25, 0.3) is 5.91 Å². The highest BCUT2D eigenvalue weighted by atomic mass is 32.1. The van der Waals surface area contributed by atoms with Crippen molar-refractivity contribution >= 4 is 17.2 Å². The number of amides is 1. The van der Waals surface area contributed by atoms with E-state index in [2.05, 4.69) is 24.1 Å². The summed E-state index contributed by atoms with van der Waals surface area (Å²) >= 11 is 1.47. The summed E-state index contributed by atoms with van der Waals surface area (Å²) in [6, 6.07) is 7.89. The molecule has 3 N–H and O–H groups in total. The maximum Gasteiger partial charge on any atom is 0.271 e. The molecule has 1 aromatic heterocycles. The lowest BCUT2D eigenvalue weighted by molar-refractivity contribution is 0.0940. The number of hydrogen-bond acceptors (Lipinski definition) is 5. The standard InChI is InChI=1S/C17H23N3O2S/c1-11-15(20-14(9-18)23-11)16(21)19-10-17(2,3)12-5-7-13(22-4)8-6-12/h5-8H,9-10,18H2,1-4H3,(H,19,21). The molecule has 0 saturated carbocycles. The largest absolute Gasteiger partial charge is 0.497 e. The number of methoxy groups -OCH3 is 1. The van der Waals surface area contributed by atoms with E-state index >= 15 is 0 Å². The molecular formula is C17H23N3O2S. The van der Waals surface area contributed by atoms with Crippen molar-refractivity contribution in [2.75, 3.05) is 13.7 Å². The zero-order valence-electron chi connectivity index (χ0n) is 14.0. The first-order chi connectivity index (χ1) is 10.9. The van der Waals surface area contributed by atoms with Gasteiger partial charge in [-0.2, -0.15) is 0 Å². The van der Waals surface area contributed by atoms with Gasteiger partial charge in [-0.05, 0) is 24.6 Å². The number of carbonyl (C=O) groups is 1. The van der Waals surface area contributed by atoms with Crippen LogP contribution < -0.4 is 15.8 Å². The molecule has 0 spiro atoms. The highest BCUT2D eigenvalue weighted by molar-refractivity contribution is 7.11. The number of aromatic nitrogens is 1. The predicted molar refractivity (Wildman–Crippen MR) is 93.1 cm³/mol. The molecular weight excluding hydrogens is 310 g/mol. The van der Waals surface area contributed by atoms with Crippen molar-refractivity contribution in [3.8, 4) is 5.75 Å². The van der Waals surface area contributed by atoms with E-state index in [-0.39, 0.29) is 11.3 Å². The second-order valence-electron chi connectivity index (χ2n) is 6.01. The topological polar surface area (TPSA) is 77.2 Å². The van der Waals surface area contributed by atoms with Crippen LogP contribution in [-0.4, -0.2) is 24.5 Å². The number of thiazole rings is 1.